The lowest BCUT2D eigenvalue weighted by Crippen LogP contribution is -2.38. The second-order valence-corrected chi connectivity index (χ2v) is 4.95. The molecule has 1 amide bonds. The van der Waals surface area contributed by atoms with Gasteiger partial charge in [-0.25, -0.2) is 0 Å². The van der Waals surface area contributed by atoms with Crippen LogP contribution in [0.25, 0.3) is 0 Å². The number of hydrogen-bond donors (Lipinski definition) is 0. The Bertz CT molecular complexity index is 584. The summed E-state index contributed by atoms with van der Waals surface area (Å²) in [6.45, 7) is 2.75. The molecule has 2 rings (SSSR count). The van der Waals surface area contributed by atoms with Gasteiger partial charge in [0.05, 0.1) is 11.0 Å². The number of carbonyl (C=O) groups is 1. The van der Waals surface area contributed by atoms with Gasteiger partial charge < -0.3 is 4.90 Å². The van der Waals surface area contributed by atoms with Gasteiger partial charge in [0.2, 0.25) is 0 Å². The molecule has 1 aromatic carbocycles. The summed E-state index contributed by atoms with van der Waals surface area (Å²) in [6, 6.07) is 6.63. The van der Waals surface area contributed by atoms with Crippen molar-refractivity contribution in [2.75, 3.05) is 13.1 Å². The van der Waals surface area contributed by atoms with Crippen LogP contribution in [0.2, 0.25) is 0 Å². The fraction of sp³-hybridized carbons (Fsp3) is 0.429. The van der Waals surface area contributed by atoms with Crippen molar-refractivity contribution in [2.24, 2.45) is 5.92 Å². The van der Waals surface area contributed by atoms with Gasteiger partial charge in [-0.15, -0.1) is 0 Å². The number of aryl methyl sites for hydroxylation is 1. The van der Waals surface area contributed by atoms with Gasteiger partial charge in [-0.05, 0) is 31.9 Å². The van der Waals surface area contributed by atoms with Gasteiger partial charge >= 0.3 is 0 Å². The van der Waals surface area contributed by atoms with E-state index in [0.717, 1.165) is 0 Å². The molecule has 1 aliphatic heterocycles. The largest absolute Gasteiger partial charge is 0.339 e. The average Bonchev–Trinajstić information content (AvgIpc) is 2.46. The van der Waals surface area contributed by atoms with Crippen LogP contribution in [0.4, 0.5) is 5.69 Å². The summed E-state index contributed by atoms with van der Waals surface area (Å²) in [4.78, 5) is 24.3. The molecule has 1 aromatic rings. The Morgan fingerprint density at radius 2 is 2.10 bits per heavy atom. The van der Waals surface area contributed by atoms with Crippen molar-refractivity contribution in [1.29, 1.82) is 5.26 Å². The van der Waals surface area contributed by atoms with Crippen molar-refractivity contribution in [3.63, 3.8) is 0 Å². The van der Waals surface area contributed by atoms with Gasteiger partial charge in [0.1, 0.15) is 0 Å². The predicted molar refractivity (Wildman–Crippen MR) is 72.1 cm³/mol. The first-order valence-electron chi connectivity index (χ1n) is 6.47. The lowest BCUT2D eigenvalue weighted by Gasteiger charge is -2.29. The van der Waals surface area contributed by atoms with E-state index in [9.17, 15) is 14.9 Å². The fourth-order valence-corrected chi connectivity index (χ4v) is 2.39. The molecule has 1 saturated heterocycles. The molecule has 0 unspecified atom stereocenters. The summed E-state index contributed by atoms with van der Waals surface area (Å²) in [5, 5.41) is 19.6. The second-order valence-electron chi connectivity index (χ2n) is 4.95. The number of likely N-dealkylation sites (tertiary alicyclic amines) is 1. The van der Waals surface area contributed by atoms with Gasteiger partial charge in [0.15, 0.2) is 0 Å². The molecular formula is C14H15N3O3. The highest BCUT2D eigenvalue weighted by molar-refractivity contribution is 5.94. The van der Waals surface area contributed by atoms with Crippen LogP contribution in [0, 0.1) is 34.3 Å². The zero-order valence-electron chi connectivity index (χ0n) is 11.2. The van der Waals surface area contributed by atoms with Crippen LogP contribution >= 0.6 is 0 Å². The first kappa shape index (κ1) is 14.0. The third kappa shape index (κ3) is 2.77. The third-order valence-corrected chi connectivity index (χ3v) is 3.61. The van der Waals surface area contributed by atoms with Gasteiger partial charge in [-0.3, -0.25) is 14.9 Å². The number of rotatable bonds is 2. The summed E-state index contributed by atoms with van der Waals surface area (Å²) < 4.78 is 0. The Balaban J connectivity index is 2.12. The van der Waals surface area contributed by atoms with Crippen LogP contribution in [0.1, 0.15) is 28.8 Å². The zero-order chi connectivity index (χ0) is 14.7. The topological polar surface area (TPSA) is 87.2 Å². The monoisotopic (exact) mass is 273 g/mol. The maximum absolute atomic E-state index is 12.3. The third-order valence-electron chi connectivity index (χ3n) is 3.61. The molecule has 0 saturated carbocycles. The van der Waals surface area contributed by atoms with E-state index in [1.165, 1.54) is 12.1 Å². The van der Waals surface area contributed by atoms with Gasteiger partial charge in [0, 0.05) is 36.2 Å². The average molecular weight is 273 g/mol. The van der Waals surface area contributed by atoms with Crippen molar-refractivity contribution in [1.82, 2.24) is 4.90 Å². The molecule has 0 N–H and O–H groups in total. The number of nitriles is 1. The lowest BCUT2D eigenvalue weighted by molar-refractivity contribution is -0.385. The van der Waals surface area contributed by atoms with Crippen LogP contribution in [-0.4, -0.2) is 28.8 Å². The van der Waals surface area contributed by atoms with Crippen molar-refractivity contribution in [3.8, 4) is 6.07 Å². The minimum atomic E-state index is -0.456. The molecule has 6 nitrogen and oxygen atoms in total. The summed E-state index contributed by atoms with van der Waals surface area (Å²) >= 11 is 0. The van der Waals surface area contributed by atoms with Crippen molar-refractivity contribution in [2.45, 2.75) is 19.8 Å². The molecular weight excluding hydrogens is 258 g/mol. The molecule has 20 heavy (non-hydrogen) atoms. The van der Waals surface area contributed by atoms with E-state index in [-0.39, 0.29) is 17.5 Å². The minimum Gasteiger partial charge on any atom is -0.339 e. The summed E-state index contributed by atoms with van der Waals surface area (Å²) in [7, 11) is 0. The van der Waals surface area contributed by atoms with E-state index in [0.29, 0.717) is 37.1 Å². The second kappa shape index (κ2) is 5.70. The van der Waals surface area contributed by atoms with E-state index in [1.54, 1.807) is 17.9 Å². The normalized spacial score (nSPS) is 15.7. The number of piperidine rings is 1. The molecule has 1 heterocycles. The maximum atomic E-state index is 12.3. The minimum absolute atomic E-state index is 0.0183. The van der Waals surface area contributed by atoms with E-state index in [1.807, 2.05) is 0 Å². The Morgan fingerprint density at radius 1 is 1.45 bits per heavy atom. The van der Waals surface area contributed by atoms with E-state index in [2.05, 4.69) is 6.07 Å². The Kier molecular flexibility index (Phi) is 3.99. The Morgan fingerprint density at radius 3 is 2.60 bits per heavy atom. The van der Waals surface area contributed by atoms with Crippen LogP contribution in [0.5, 0.6) is 0 Å². The highest BCUT2D eigenvalue weighted by atomic mass is 16.6. The summed E-state index contributed by atoms with van der Waals surface area (Å²) in [6.07, 6.45) is 1.38. The van der Waals surface area contributed by atoms with E-state index >= 15 is 0 Å². The maximum Gasteiger partial charge on any atom is 0.272 e. The van der Waals surface area contributed by atoms with Gasteiger partial charge in [-0.1, -0.05) is 0 Å². The Labute approximate surface area is 116 Å². The highest BCUT2D eigenvalue weighted by Gasteiger charge is 2.24. The first-order chi connectivity index (χ1) is 9.52. The van der Waals surface area contributed by atoms with Crippen LogP contribution in [0.15, 0.2) is 18.2 Å². The molecule has 0 atom stereocenters. The number of amides is 1. The summed E-state index contributed by atoms with van der Waals surface area (Å²) in [5.74, 6) is -0.1000. The van der Waals surface area contributed by atoms with Crippen molar-refractivity contribution in [3.05, 3.63) is 39.4 Å². The van der Waals surface area contributed by atoms with Crippen LogP contribution in [-0.2, 0) is 0 Å². The molecule has 0 spiro atoms. The predicted octanol–water partition coefficient (Wildman–Crippen LogP) is 2.28. The first-order valence-corrected chi connectivity index (χ1v) is 6.47. The molecule has 0 aliphatic carbocycles. The number of benzene rings is 1. The summed E-state index contributed by atoms with van der Waals surface area (Å²) in [5.41, 5.74) is 0.959. The van der Waals surface area contributed by atoms with Crippen LogP contribution < -0.4 is 0 Å². The van der Waals surface area contributed by atoms with Crippen molar-refractivity contribution >= 4 is 11.6 Å². The molecule has 0 aromatic heterocycles. The van der Waals surface area contributed by atoms with E-state index in [4.69, 9.17) is 5.26 Å². The van der Waals surface area contributed by atoms with Crippen LogP contribution in [0.3, 0.4) is 0 Å². The lowest BCUT2D eigenvalue weighted by atomic mass is 9.98. The molecule has 0 bridgehead atoms. The number of nitro groups is 1. The molecule has 1 fully saturated rings. The molecule has 0 radical (unpaired) electrons. The van der Waals surface area contributed by atoms with E-state index < -0.39 is 4.92 Å². The number of hydrogen-bond acceptors (Lipinski definition) is 4. The molecule has 6 heteroatoms. The Hall–Kier alpha value is -2.42. The number of carbonyl (C=O) groups excluding carboxylic acids is 1. The number of nitrogens with zero attached hydrogens (tertiary/aromatic N) is 3. The van der Waals surface area contributed by atoms with Crippen molar-refractivity contribution < 1.29 is 9.72 Å². The molecule has 1 aliphatic rings. The molecule has 104 valence electrons. The zero-order valence-corrected chi connectivity index (χ0v) is 11.2. The van der Waals surface area contributed by atoms with Gasteiger partial charge in [0.25, 0.3) is 11.6 Å². The highest BCUT2D eigenvalue weighted by Crippen LogP contribution is 2.22. The fourth-order valence-electron chi connectivity index (χ4n) is 2.39. The smallest absolute Gasteiger partial charge is 0.272 e. The SMILES string of the molecule is Cc1cc(C(=O)N2CCC(C#N)CC2)ccc1[N+](=O)[O-]. The number of nitro benzene ring substituents is 1. The van der Waals surface area contributed by atoms with Gasteiger partial charge in [-0.2, -0.15) is 5.26 Å². The standard InChI is InChI=1S/C14H15N3O3/c1-10-8-12(2-3-13(10)17(19)20)14(18)16-6-4-11(9-15)5-7-16/h2-3,8,11H,4-7H2,1H3. The quantitative estimate of drug-likeness (QED) is 0.611.